The summed E-state index contributed by atoms with van der Waals surface area (Å²) in [7, 11) is 1.89. The van der Waals surface area contributed by atoms with Gasteiger partial charge in [0, 0.05) is 30.0 Å². The first-order valence-electron chi connectivity index (χ1n) is 9.07. The highest BCUT2D eigenvalue weighted by Gasteiger charge is 2.20. The second-order valence-electron chi connectivity index (χ2n) is 6.59. The summed E-state index contributed by atoms with van der Waals surface area (Å²) in [6, 6.07) is 11.5. The van der Waals surface area contributed by atoms with Gasteiger partial charge in [-0.1, -0.05) is 17.7 Å². The largest absolute Gasteiger partial charge is 0.587 e. The fourth-order valence-electron chi connectivity index (χ4n) is 3.17. The summed E-state index contributed by atoms with van der Waals surface area (Å²) in [4.78, 5) is 9.03. The van der Waals surface area contributed by atoms with E-state index >= 15 is 0 Å². The van der Waals surface area contributed by atoms with Gasteiger partial charge in [-0.25, -0.2) is 0 Å². The summed E-state index contributed by atoms with van der Waals surface area (Å²) >= 11 is 4.69. The Balaban J connectivity index is 1.79. The van der Waals surface area contributed by atoms with E-state index in [1.54, 1.807) is 28.6 Å². The van der Waals surface area contributed by atoms with Crippen LogP contribution in [0.2, 0.25) is 5.02 Å². The number of hydrogen-bond acceptors (Lipinski definition) is 5. The van der Waals surface area contributed by atoms with Gasteiger partial charge < -0.3 is 15.2 Å². The van der Waals surface area contributed by atoms with E-state index in [0.29, 0.717) is 16.5 Å². The zero-order chi connectivity index (χ0) is 20.4. The fraction of sp³-hybridized carbons (Fsp3) is 0.143. The van der Waals surface area contributed by atoms with Crippen molar-refractivity contribution in [2.45, 2.75) is 18.4 Å². The van der Waals surface area contributed by atoms with Crippen molar-refractivity contribution in [1.82, 2.24) is 19.3 Å². The average molecular weight is 426 g/mol. The van der Waals surface area contributed by atoms with E-state index in [1.165, 1.54) is 0 Å². The molecule has 4 aromatic rings. The Bertz CT molecular complexity index is 1150. The van der Waals surface area contributed by atoms with Crippen molar-refractivity contribution in [3.8, 4) is 0 Å². The fourth-order valence-corrected chi connectivity index (χ4v) is 4.45. The molecule has 1 aromatic carbocycles. The van der Waals surface area contributed by atoms with Crippen LogP contribution in [0.3, 0.4) is 0 Å². The molecular formula is C21H20ClN5OS. The second-order valence-corrected chi connectivity index (χ2v) is 8.39. The zero-order valence-electron chi connectivity index (χ0n) is 16.0. The maximum atomic E-state index is 13.2. The van der Waals surface area contributed by atoms with Gasteiger partial charge in [-0.05, 0) is 49.9 Å². The van der Waals surface area contributed by atoms with Crippen LogP contribution in [0.25, 0.3) is 10.9 Å². The van der Waals surface area contributed by atoms with E-state index in [4.69, 9.17) is 11.6 Å². The average Bonchev–Trinajstić information content (AvgIpc) is 3.09. The van der Waals surface area contributed by atoms with Gasteiger partial charge in [-0.2, -0.15) is 3.97 Å². The molecular weight excluding hydrogens is 406 g/mol. The molecule has 148 valence electrons. The topological polar surface area (TPSA) is 77.8 Å². The molecule has 0 aliphatic carbocycles. The summed E-state index contributed by atoms with van der Waals surface area (Å²) < 4.78 is 15.0. The van der Waals surface area contributed by atoms with Crippen LogP contribution in [0.15, 0.2) is 66.1 Å². The summed E-state index contributed by atoms with van der Waals surface area (Å²) in [5.74, 6) is 0. The molecule has 2 N–H and O–H groups in total. The highest BCUT2D eigenvalue weighted by Crippen LogP contribution is 2.30. The maximum absolute atomic E-state index is 13.2. The minimum Gasteiger partial charge on any atom is -0.587 e. The number of aromatic nitrogens is 3. The molecule has 0 saturated heterocycles. The van der Waals surface area contributed by atoms with E-state index in [9.17, 15) is 4.55 Å². The van der Waals surface area contributed by atoms with Gasteiger partial charge in [-0.15, -0.1) is 0 Å². The minimum absolute atomic E-state index is 0.566. The van der Waals surface area contributed by atoms with Crippen molar-refractivity contribution in [3.63, 3.8) is 0 Å². The smallest absolute Gasteiger partial charge is 0.198 e. The van der Waals surface area contributed by atoms with E-state index in [1.807, 2.05) is 50.5 Å². The van der Waals surface area contributed by atoms with Gasteiger partial charge in [0.05, 0.1) is 28.8 Å². The van der Waals surface area contributed by atoms with Gasteiger partial charge in [0.25, 0.3) is 0 Å². The number of anilines is 2. The number of pyridine rings is 2. The lowest BCUT2D eigenvalue weighted by molar-refractivity contribution is 0.587. The Morgan fingerprint density at radius 1 is 1.21 bits per heavy atom. The minimum atomic E-state index is -1.40. The molecule has 0 amide bonds. The Morgan fingerprint density at radius 3 is 2.83 bits per heavy atom. The molecule has 3 heterocycles. The number of aryl methyl sites for hydroxylation is 1. The van der Waals surface area contributed by atoms with Gasteiger partial charge in [0.1, 0.15) is 16.9 Å². The summed E-state index contributed by atoms with van der Waals surface area (Å²) in [5, 5.41) is 8.15. The molecule has 0 aliphatic heterocycles. The molecule has 6 nitrogen and oxygen atoms in total. The summed E-state index contributed by atoms with van der Waals surface area (Å²) in [5.41, 5.74) is 4.49. The number of fused-ring (bicyclic) bond motifs is 1. The third-order valence-electron chi connectivity index (χ3n) is 4.57. The summed E-state index contributed by atoms with van der Waals surface area (Å²) in [6.45, 7) is 2.60. The third kappa shape index (κ3) is 4.09. The van der Waals surface area contributed by atoms with Gasteiger partial charge in [-0.3, -0.25) is 9.97 Å². The van der Waals surface area contributed by atoms with Gasteiger partial charge in [0.15, 0.2) is 4.90 Å². The predicted molar refractivity (Wildman–Crippen MR) is 118 cm³/mol. The lowest BCUT2D eigenvalue weighted by Crippen LogP contribution is -2.12. The van der Waals surface area contributed by atoms with Crippen LogP contribution in [0.5, 0.6) is 0 Å². The molecule has 0 aliphatic rings. The monoisotopic (exact) mass is 425 g/mol. The van der Waals surface area contributed by atoms with Crippen LogP contribution in [0.1, 0.15) is 11.3 Å². The Hall–Kier alpha value is -2.58. The lowest BCUT2D eigenvalue weighted by Gasteiger charge is -2.12. The molecule has 0 bridgehead atoms. The SMILES string of the molecule is CNCc1cn([S+]([O-])c2cccnc2)c2cc(Nc3cc(Cl)cnc3C)ccc12. The third-order valence-corrected chi connectivity index (χ3v) is 6.08. The van der Waals surface area contributed by atoms with Crippen LogP contribution in [-0.2, 0) is 17.9 Å². The number of nitrogens with one attached hydrogen (secondary N) is 2. The van der Waals surface area contributed by atoms with Crippen LogP contribution in [-0.4, -0.2) is 25.5 Å². The Morgan fingerprint density at radius 2 is 2.07 bits per heavy atom. The van der Waals surface area contributed by atoms with Crippen molar-refractivity contribution < 1.29 is 4.55 Å². The highest BCUT2D eigenvalue weighted by molar-refractivity contribution is 7.90. The van der Waals surface area contributed by atoms with Gasteiger partial charge in [0.2, 0.25) is 0 Å². The Kier molecular flexibility index (Phi) is 5.73. The molecule has 0 fully saturated rings. The maximum Gasteiger partial charge on any atom is 0.198 e. The van der Waals surface area contributed by atoms with Crippen LogP contribution < -0.4 is 10.6 Å². The number of halogens is 1. The molecule has 3 aromatic heterocycles. The van der Waals surface area contributed by atoms with Crippen molar-refractivity contribution in [1.29, 1.82) is 0 Å². The molecule has 0 spiro atoms. The Labute approximate surface area is 177 Å². The number of benzene rings is 1. The van der Waals surface area contributed by atoms with E-state index in [0.717, 1.165) is 33.5 Å². The molecule has 8 heteroatoms. The standard InChI is InChI=1S/C21H20ClN5OS/c1-14-20(8-16(22)11-25-14)26-17-5-6-19-15(10-23-2)13-27(21(19)9-17)29(28)18-4-3-7-24-12-18/h3-9,11-13,23,26H,10H2,1-2H3. The molecule has 1 atom stereocenters. The first-order valence-corrected chi connectivity index (χ1v) is 10.6. The van der Waals surface area contributed by atoms with Crippen molar-refractivity contribution in [2.75, 3.05) is 12.4 Å². The lowest BCUT2D eigenvalue weighted by atomic mass is 10.1. The van der Waals surface area contributed by atoms with Crippen LogP contribution >= 0.6 is 11.6 Å². The first-order chi connectivity index (χ1) is 14.1. The molecule has 1 unspecified atom stereocenters. The zero-order valence-corrected chi connectivity index (χ0v) is 17.6. The predicted octanol–water partition coefficient (Wildman–Crippen LogP) is 4.43. The van der Waals surface area contributed by atoms with Crippen molar-refractivity contribution in [3.05, 3.63) is 77.5 Å². The van der Waals surface area contributed by atoms with Crippen LogP contribution in [0, 0.1) is 6.92 Å². The van der Waals surface area contributed by atoms with Crippen LogP contribution in [0.4, 0.5) is 11.4 Å². The molecule has 0 radical (unpaired) electrons. The summed E-state index contributed by atoms with van der Waals surface area (Å²) in [6.07, 6.45) is 6.85. The second kappa shape index (κ2) is 8.42. The number of hydrogen-bond donors (Lipinski definition) is 2. The van der Waals surface area contributed by atoms with E-state index in [-0.39, 0.29) is 0 Å². The van der Waals surface area contributed by atoms with E-state index < -0.39 is 11.4 Å². The normalized spacial score (nSPS) is 12.3. The molecule has 0 saturated carbocycles. The number of rotatable bonds is 6. The van der Waals surface area contributed by atoms with Crippen molar-refractivity contribution >= 4 is 45.2 Å². The quantitative estimate of drug-likeness (QED) is 0.447. The van der Waals surface area contributed by atoms with Crippen molar-refractivity contribution in [2.24, 2.45) is 0 Å². The van der Waals surface area contributed by atoms with Gasteiger partial charge >= 0.3 is 0 Å². The first kappa shape index (κ1) is 19.7. The molecule has 29 heavy (non-hydrogen) atoms. The molecule has 4 rings (SSSR count). The number of nitrogens with zero attached hydrogens (tertiary/aromatic N) is 3. The van der Waals surface area contributed by atoms with E-state index in [2.05, 4.69) is 20.6 Å². The highest BCUT2D eigenvalue weighted by atomic mass is 35.5.